The molecule has 0 radical (unpaired) electrons. The van der Waals surface area contributed by atoms with Crippen molar-refractivity contribution in [1.82, 2.24) is 14.5 Å². The fraction of sp³-hybridized carbons (Fsp3) is 0.400. The molecule has 0 saturated carbocycles. The first kappa shape index (κ1) is 14.1. The number of pyridine rings is 1. The molecule has 0 aliphatic carbocycles. The molecule has 0 unspecified atom stereocenters. The Bertz CT molecular complexity index is 675. The van der Waals surface area contributed by atoms with Crippen LogP contribution in [0.1, 0.15) is 24.3 Å². The highest BCUT2D eigenvalue weighted by Gasteiger charge is 2.22. The Morgan fingerprint density at radius 3 is 2.52 bits per heavy atom. The first-order valence-electron chi connectivity index (χ1n) is 7.02. The van der Waals surface area contributed by atoms with Crippen molar-refractivity contribution in [2.24, 2.45) is 7.05 Å². The summed E-state index contributed by atoms with van der Waals surface area (Å²) in [6.07, 6.45) is 7.08. The second-order valence-electron chi connectivity index (χ2n) is 5.37. The van der Waals surface area contributed by atoms with Crippen LogP contribution in [0.5, 0.6) is 0 Å². The van der Waals surface area contributed by atoms with Crippen molar-refractivity contribution in [3.05, 3.63) is 51.7 Å². The van der Waals surface area contributed by atoms with Gasteiger partial charge in [0.15, 0.2) is 0 Å². The number of anilines is 1. The van der Waals surface area contributed by atoms with Crippen molar-refractivity contribution in [3.63, 3.8) is 0 Å². The molecule has 0 amide bonds. The van der Waals surface area contributed by atoms with Gasteiger partial charge in [-0.2, -0.15) is 0 Å². The van der Waals surface area contributed by atoms with Crippen LogP contribution >= 0.6 is 11.6 Å². The van der Waals surface area contributed by atoms with Crippen molar-refractivity contribution >= 4 is 17.5 Å². The van der Waals surface area contributed by atoms with Crippen LogP contribution in [0.25, 0.3) is 0 Å². The van der Waals surface area contributed by atoms with Gasteiger partial charge in [0.05, 0.1) is 17.4 Å². The summed E-state index contributed by atoms with van der Waals surface area (Å²) >= 11 is 5.81. The summed E-state index contributed by atoms with van der Waals surface area (Å²) in [5, 5.41) is 0.550. The van der Waals surface area contributed by atoms with Crippen molar-refractivity contribution < 1.29 is 0 Å². The molecule has 0 bridgehead atoms. The topological polar surface area (TPSA) is 51.0 Å². The molecule has 2 aromatic heterocycles. The van der Waals surface area contributed by atoms with Crippen LogP contribution in [0.2, 0.25) is 5.02 Å². The predicted molar refractivity (Wildman–Crippen MR) is 82.9 cm³/mol. The van der Waals surface area contributed by atoms with E-state index in [0.29, 0.717) is 10.9 Å². The van der Waals surface area contributed by atoms with E-state index in [-0.39, 0.29) is 5.56 Å². The van der Waals surface area contributed by atoms with Crippen LogP contribution in [0.4, 0.5) is 5.95 Å². The highest BCUT2D eigenvalue weighted by molar-refractivity contribution is 6.30. The summed E-state index contributed by atoms with van der Waals surface area (Å²) < 4.78 is 1.60. The first-order chi connectivity index (χ1) is 10.1. The summed E-state index contributed by atoms with van der Waals surface area (Å²) in [6.45, 7) is 1.78. The lowest BCUT2D eigenvalue weighted by atomic mass is 9.90. The van der Waals surface area contributed by atoms with Crippen molar-refractivity contribution in [2.75, 3.05) is 18.0 Å². The molecule has 3 rings (SSSR count). The van der Waals surface area contributed by atoms with Crippen LogP contribution in [-0.2, 0) is 7.05 Å². The minimum absolute atomic E-state index is 0.0518. The molecule has 110 valence electrons. The third-order valence-corrected chi connectivity index (χ3v) is 4.18. The second-order valence-corrected chi connectivity index (χ2v) is 5.81. The van der Waals surface area contributed by atoms with Gasteiger partial charge in [-0.1, -0.05) is 11.6 Å². The lowest BCUT2D eigenvalue weighted by Gasteiger charge is -2.32. The molecule has 0 spiro atoms. The second kappa shape index (κ2) is 5.85. The first-order valence-corrected chi connectivity index (χ1v) is 7.40. The van der Waals surface area contributed by atoms with Crippen molar-refractivity contribution in [2.45, 2.75) is 18.8 Å². The van der Waals surface area contributed by atoms with E-state index in [1.54, 1.807) is 30.1 Å². The summed E-state index contributed by atoms with van der Waals surface area (Å²) in [7, 11) is 1.77. The molecule has 1 saturated heterocycles. The van der Waals surface area contributed by atoms with Crippen LogP contribution < -0.4 is 10.5 Å². The zero-order valence-electron chi connectivity index (χ0n) is 11.9. The number of nitrogens with zero attached hydrogens (tertiary/aromatic N) is 4. The van der Waals surface area contributed by atoms with Crippen LogP contribution in [0, 0.1) is 0 Å². The average molecular weight is 305 g/mol. The smallest absolute Gasteiger partial charge is 0.250 e. The molecule has 1 aliphatic rings. The average Bonchev–Trinajstić information content (AvgIpc) is 2.51. The van der Waals surface area contributed by atoms with Gasteiger partial charge in [0.1, 0.15) is 0 Å². The molecule has 21 heavy (non-hydrogen) atoms. The van der Waals surface area contributed by atoms with Crippen molar-refractivity contribution in [3.8, 4) is 0 Å². The maximum absolute atomic E-state index is 11.7. The van der Waals surface area contributed by atoms with Gasteiger partial charge in [-0.25, -0.2) is 9.97 Å². The van der Waals surface area contributed by atoms with Gasteiger partial charge in [-0.15, -0.1) is 0 Å². The van der Waals surface area contributed by atoms with Crippen LogP contribution in [0.3, 0.4) is 0 Å². The summed E-state index contributed by atoms with van der Waals surface area (Å²) in [5.41, 5.74) is 1.19. The van der Waals surface area contributed by atoms with Gasteiger partial charge in [-0.3, -0.25) is 4.79 Å². The molecule has 3 heterocycles. The van der Waals surface area contributed by atoms with E-state index >= 15 is 0 Å². The fourth-order valence-corrected chi connectivity index (χ4v) is 2.80. The van der Waals surface area contributed by atoms with E-state index in [9.17, 15) is 4.79 Å². The highest BCUT2D eigenvalue weighted by atomic mass is 35.5. The Kier molecular flexibility index (Phi) is 3.92. The van der Waals surface area contributed by atoms with Gasteiger partial charge in [-0.05, 0) is 30.4 Å². The molecule has 0 atom stereocenters. The van der Waals surface area contributed by atoms with Gasteiger partial charge >= 0.3 is 0 Å². The SMILES string of the molecule is Cn1ccc(C2CCN(c3ncc(Cl)cn3)CC2)cc1=O. The monoisotopic (exact) mass is 304 g/mol. The number of rotatable bonds is 2. The number of piperidine rings is 1. The lowest BCUT2D eigenvalue weighted by Crippen LogP contribution is -2.34. The molecule has 6 heteroatoms. The molecule has 2 aromatic rings. The zero-order valence-corrected chi connectivity index (χ0v) is 12.6. The van der Waals surface area contributed by atoms with E-state index in [2.05, 4.69) is 14.9 Å². The lowest BCUT2D eigenvalue weighted by molar-refractivity contribution is 0.498. The predicted octanol–water partition coefficient (Wildman–Crippen LogP) is 2.21. The quantitative estimate of drug-likeness (QED) is 0.853. The van der Waals surface area contributed by atoms with Gasteiger partial charge < -0.3 is 9.47 Å². The minimum Gasteiger partial charge on any atom is -0.341 e. The Labute approximate surface area is 128 Å². The molecule has 0 N–H and O–H groups in total. The number of aryl methyl sites for hydroxylation is 1. The largest absolute Gasteiger partial charge is 0.341 e. The summed E-state index contributed by atoms with van der Waals surface area (Å²) in [5.74, 6) is 1.16. The van der Waals surface area contributed by atoms with E-state index < -0.39 is 0 Å². The van der Waals surface area contributed by atoms with E-state index in [4.69, 9.17) is 11.6 Å². The number of halogens is 1. The number of hydrogen-bond acceptors (Lipinski definition) is 4. The maximum Gasteiger partial charge on any atom is 0.250 e. The molecule has 5 nitrogen and oxygen atoms in total. The third-order valence-electron chi connectivity index (χ3n) is 3.98. The Morgan fingerprint density at radius 1 is 1.24 bits per heavy atom. The molecular weight excluding hydrogens is 288 g/mol. The molecular formula is C15H17ClN4O. The van der Waals surface area contributed by atoms with Crippen LogP contribution in [0.15, 0.2) is 35.5 Å². The molecule has 1 aliphatic heterocycles. The third kappa shape index (κ3) is 3.08. The zero-order chi connectivity index (χ0) is 14.8. The standard InChI is InChI=1S/C15H17ClN4O/c1-19-5-2-12(8-14(19)21)11-3-6-20(7-4-11)15-17-9-13(16)10-18-15/h2,5,8-11H,3-4,6-7H2,1H3. The Balaban J connectivity index is 1.68. The Hall–Kier alpha value is -1.88. The van der Waals surface area contributed by atoms with Gasteiger partial charge in [0.25, 0.3) is 5.56 Å². The molecule has 1 fully saturated rings. The highest BCUT2D eigenvalue weighted by Crippen LogP contribution is 2.28. The maximum atomic E-state index is 11.7. The minimum atomic E-state index is 0.0518. The van der Waals surface area contributed by atoms with Crippen molar-refractivity contribution in [1.29, 1.82) is 0 Å². The fourth-order valence-electron chi connectivity index (χ4n) is 2.70. The van der Waals surface area contributed by atoms with Gasteiger partial charge in [0.2, 0.25) is 5.95 Å². The van der Waals surface area contributed by atoms with E-state index in [1.165, 1.54) is 0 Å². The van der Waals surface area contributed by atoms with Gasteiger partial charge in [0, 0.05) is 32.4 Å². The Morgan fingerprint density at radius 2 is 1.90 bits per heavy atom. The van der Waals surface area contributed by atoms with Crippen LogP contribution in [-0.4, -0.2) is 27.6 Å². The normalized spacial score (nSPS) is 16.2. The molecule has 0 aromatic carbocycles. The van der Waals surface area contributed by atoms with E-state index in [1.807, 2.05) is 12.3 Å². The summed E-state index contributed by atoms with van der Waals surface area (Å²) in [6, 6.07) is 3.79. The number of aromatic nitrogens is 3. The number of hydrogen-bond donors (Lipinski definition) is 0. The van der Waals surface area contributed by atoms with E-state index in [0.717, 1.165) is 37.4 Å². The summed E-state index contributed by atoms with van der Waals surface area (Å²) in [4.78, 5) is 22.4.